The van der Waals surface area contributed by atoms with Crippen molar-refractivity contribution >= 4 is 5.91 Å². The summed E-state index contributed by atoms with van der Waals surface area (Å²) in [5.74, 6) is 2.21. The highest BCUT2D eigenvalue weighted by molar-refractivity contribution is 5.77. The third kappa shape index (κ3) is 3.32. The van der Waals surface area contributed by atoms with Crippen molar-refractivity contribution in [3.63, 3.8) is 0 Å². The molecule has 1 atom stereocenters. The molecule has 6 heteroatoms. The van der Waals surface area contributed by atoms with Crippen LogP contribution in [0.4, 0.5) is 0 Å². The van der Waals surface area contributed by atoms with Crippen LogP contribution in [0.3, 0.4) is 0 Å². The maximum absolute atomic E-state index is 12.3. The first-order valence-electron chi connectivity index (χ1n) is 8.29. The van der Waals surface area contributed by atoms with Crippen molar-refractivity contribution in [2.24, 2.45) is 5.92 Å². The fraction of sp³-hybridized carbons (Fsp3) is 0.812. The summed E-state index contributed by atoms with van der Waals surface area (Å²) in [5.41, 5.74) is -0.140. The second-order valence-electron chi connectivity index (χ2n) is 6.62. The van der Waals surface area contributed by atoms with Gasteiger partial charge in [-0.05, 0) is 32.1 Å². The molecule has 1 amide bonds. The predicted molar refractivity (Wildman–Crippen MR) is 80.4 cm³/mol. The van der Waals surface area contributed by atoms with Crippen LogP contribution in [0.1, 0.15) is 50.7 Å². The van der Waals surface area contributed by atoms with Gasteiger partial charge in [0.15, 0.2) is 5.82 Å². The smallest absolute Gasteiger partial charge is 0.248 e. The molecule has 2 aliphatic rings. The van der Waals surface area contributed by atoms with E-state index in [9.17, 15) is 4.79 Å². The van der Waals surface area contributed by atoms with Gasteiger partial charge in [0.2, 0.25) is 11.8 Å². The summed E-state index contributed by atoms with van der Waals surface area (Å²) in [6.45, 7) is 5.95. The van der Waals surface area contributed by atoms with Crippen molar-refractivity contribution in [2.75, 3.05) is 26.3 Å². The second kappa shape index (κ2) is 6.36. The minimum absolute atomic E-state index is 0.0712. The van der Waals surface area contributed by atoms with Crippen molar-refractivity contribution in [2.45, 2.75) is 51.4 Å². The van der Waals surface area contributed by atoms with Gasteiger partial charge >= 0.3 is 0 Å². The maximum Gasteiger partial charge on any atom is 0.248 e. The average molecular weight is 307 g/mol. The first kappa shape index (κ1) is 15.5. The Morgan fingerprint density at radius 2 is 2.32 bits per heavy atom. The average Bonchev–Trinajstić information content (AvgIpc) is 3.22. The highest BCUT2D eigenvalue weighted by Crippen LogP contribution is 2.45. The van der Waals surface area contributed by atoms with Gasteiger partial charge in [0.1, 0.15) is 6.61 Å². The van der Waals surface area contributed by atoms with E-state index < -0.39 is 0 Å². The number of ether oxygens (including phenoxy) is 1. The molecule has 6 nitrogen and oxygen atoms in total. The molecule has 0 radical (unpaired) electrons. The first-order valence-corrected chi connectivity index (χ1v) is 8.29. The number of amides is 1. The fourth-order valence-electron chi connectivity index (χ4n) is 3.45. The molecule has 2 heterocycles. The van der Waals surface area contributed by atoms with E-state index in [1.165, 1.54) is 12.8 Å². The van der Waals surface area contributed by atoms with Gasteiger partial charge < -0.3 is 14.2 Å². The Kier molecular flexibility index (Phi) is 4.47. The Morgan fingerprint density at radius 3 is 2.95 bits per heavy atom. The van der Waals surface area contributed by atoms with Crippen LogP contribution >= 0.6 is 0 Å². The number of likely N-dealkylation sites (tertiary alicyclic amines) is 1. The third-order valence-electron chi connectivity index (χ3n) is 4.74. The molecular formula is C16H25N3O3. The normalized spacial score (nSPS) is 25.5. The molecule has 0 aromatic carbocycles. The number of aryl methyl sites for hydroxylation is 1. The number of hydrogen-bond donors (Lipinski definition) is 0. The molecule has 1 aliphatic carbocycles. The van der Waals surface area contributed by atoms with Crippen molar-refractivity contribution < 1.29 is 14.1 Å². The third-order valence-corrected chi connectivity index (χ3v) is 4.74. The summed E-state index contributed by atoms with van der Waals surface area (Å²) in [6, 6.07) is 0. The van der Waals surface area contributed by atoms with Crippen LogP contribution in [-0.2, 0) is 14.9 Å². The molecule has 122 valence electrons. The van der Waals surface area contributed by atoms with Crippen LogP contribution in [0.5, 0.6) is 0 Å². The lowest BCUT2D eigenvalue weighted by Gasteiger charge is -2.41. The van der Waals surface area contributed by atoms with Gasteiger partial charge in [0.05, 0.1) is 5.41 Å². The zero-order chi connectivity index (χ0) is 15.6. The Balaban J connectivity index is 1.77. The molecule has 1 saturated carbocycles. The molecule has 3 rings (SSSR count). The molecule has 1 unspecified atom stereocenters. The Bertz CT molecular complexity index is 526. The highest BCUT2D eigenvalue weighted by atomic mass is 16.5. The highest BCUT2D eigenvalue weighted by Gasteiger charge is 2.45. The summed E-state index contributed by atoms with van der Waals surface area (Å²) in [6.07, 6.45) is 5.64. The fourth-order valence-corrected chi connectivity index (χ4v) is 3.45. The minimum Gasteiger partial charge on any atom is -0.372 e. The molecule has 0 N–H and O–H groups in total. The molecule has 2 fully saturated rings. The van der Waals surface area contributed by atoms with Gasteiger partial charge in [0, 0.05) is 26.6 Å². The van der Waals surface area contributed by atoms with E-state index in [1.807, 2.05) is 18.7 Å². The van der Waals surface area contributed by atoms with Crippen LogP contribution in [0, 0.1) is 12.8 Å². The Labute approximate surface area is 131 Å². The minimum atomic E-state index is -0.140. The molecule has 1 aromatic rings. The zero-order valence-electron chi connectivity index (χ0n) is 13.5. The predicted octanol–water partition coefficient (Wildman–Crippen LogP) is 2.07. The van der Waals surface area contributed by atoms with E-state index in [4.69, 9.17) is 9.26 Å². The molecule has 1 aliphatic heterocycles. The summed E-state index contributed by atoms with van der Waals surface area (Å²) < 4.78 is 10.5. The summed E-state index contributed by atoms with van der Waals surface area (Å²) in [4.78, 5) is 18.7. The lowest BCUT2D eigenvalue weighted by Crippen LogP contribution is -2.50. The number of aromatic nitrogens is 2. The van der Waals surface area contributed by atoms with Gasteiger partial charge in [-0.3, -0.25) is 4.79 Å². The Hall–Kier alpha value is -1.43. The van der Waals surface area contributed by atoms with Crippen molar-refractivity contribution in [3.05, 3.63) is 11.7 Å². The van der Waals surface area contributed by atoms with Crippen LogP contribution in [0.25, 0.3) is 0 Å². The number of rotatable bonds is 6. The van der Waals surface area contributed by atoms with E-state index in [0.717, 1.165) is 37.5 Å². The van der Waals surface area contributed by atoms with E-state index in [0.29, 0.717) is 19.0 Å². The lowest BCUT2D eigenvalue weighted by atomic mass is 9.75. The number of hydrogen-bond acceptors (Lipinski definition) is 5. The van der Waals surface area contributed by atoms with Gasteiger partial charge in [-0.25, -0.2) is 0 Å². The molecule has 0 bridgehead atoms. The summed E-state index contributed by atoms with van der Waals surface area (Å²) in [7, 11) is 0. The quantitative estimate of drug-likeness (QED) is 0.805. The molecule has 0 spiro atoms. The van der Waals surface area contributed by atoms with Crippen molar-refractivity contribution in [3.8, 4) is 0 Å². The number of carbonyl (C=O) groups is 1. The molecule has 1 aromatic heterocycles. The number of piperidine rings is 1. The van der Waals surface area contributed by atoms with Crippen molar-refractivity contribution in [1.29, 1.82) is 0 Å². The first-order chi connectivity index (χ1) is 10.6. The van der Waals surface area contributed by atoms with E-state index in [-0.39, 0.29) is 17.9 Å². The van der Waals surface area contributed by atoms with Gasteiger partial charge in [-0.1, -0.05) is 18.0 Å². The van der Waals surface area contributed by atoms with Crippen LogP contribution in [0.2, 0.25) is 0 Å². The van der Waals surface area contributed by atoms with Gasteiger partial charge in [0.25, 0.3) is 0 Å². The second-order valence-corrected chi connectivity index (χ2v) is 6.62. The molecular weight excluding hydrogens is 282 g/mol. The maximum atomic E-state index is 12.3. The summed E-state index contributed by atoms with van der Waals surface area (Å²) >= 11 is 0. The van der Waals surface area contributed by atoms with E-state index in [1.54, 1.807) is 0 Å². The number of carbonyl (C=O) groups excluding carboxylic acids is 1. The monoisotopic (exact) mass is 307 g/mol. The van der Waals surface area contributed by atoms with Gasteiger partial charge in [-0.15, -0.1) is 0 Å². The standard InChI is InChI=1S/C16H25N3O3/c1-3-21-10-14(20)19-8-4-7-16(11-19,9-13-5-6-13)15-17-12(2)22-18-15/h13H,3-11H2,1-2H3. The van der Waals surface area contributed by atoms with Crippen LogP contribution in [0.15, 0.2) is 4.52 Å². The zero-order valence-corrected chi connectivity index (χ0v) is 13.5. The molecule has 22 heavy (non-hydrogen) atoms. The van der Waals surface area contributed by atoms with Gasteiger partial charge in [-0.2, -0.15) is 4.98 Å². The van der Waals surface area contributed by atoms with E-state index in [2.05, 4.69) is 10.1 Å². The molecule has 1 saturated heterocycles. The largest absolute Gasteiger partial charge is 0.372 e. The topological polar surface area (TPSA) is 68.5 Å². The van der Waals surface area contributed by atoms with Crippen molar-refractivity contribution in [1.82, 2.24) is 15.0 Å². The summed E-state index contributed by atoms with van der Waals surface area (Å²) in [5, 5.41) is 4.19. The van der Waals surface area contributed by atoms with Crippen LogP contribution in [-0.4, -0.2) is 47.3 Å². The Morgan fingerprint density at radius 1 is 1.50 bits per heavy atom. The number of nitrogens with zero attached hydrogens (tertiary/aromatic N) is 3. The van der Waals surface area contributed by atoms with Crippen LogP contribution < -0.4 is 0 Å². The lowest BCUT2D eigenvalue weighted by molar-refractivity contribution is -0.138. The SMILES string of the molecule is CCOCC(=O)N1CCCC(CC2CC2)(c2noc(C)n2)C1. The van der Waals surface area contributed by atoms with E-state index >= 15 is 0 Å².